The predicted molar refractivity (Wildman–Crippen MR) is 117 cm³/mol. The van der Waals surface area contributed by atoms with Crippen LogP contribution in [0.4, 0.5) is 13.2 Å². The van der Waals surface area contributed by atoms with Gasteiger partial charge in [-0.15, -0.1) is 0 Å². The van der Waals surface area contributed by atoms with Gasteiger partial charge in [-0.05, 0) is 41.8 Å². The highest BCUT2D eigenvalue weighted by atomic mass is 35.5. The second-order valence-electron chi connectivity index (χ2n) is 7.11. The van der Waals surface area contributed by atoms with Gasteiger partial charge < -0.3 is 0 Å². The van der Waals surface area contributed by atoms with Crippen molar-refractivity contribution in [1.82, 2.24) is 9.71 Å². The molecule has 6 nitrogen and oxygen atoms in total. The first-order valence-corrected chi connectivity index (χ1v) is 12.8. The van der Waals surface area contributed by atoms with E-state index in [1.54, 1.807) is 41.1 Å². The van der Waals surface area contributed by atoms with Gasteiger partial charge in [0.15, 0.2) is 5.03 Å². The highest BCUT2D eigenvalue weighted by Gasteiger charge is 2.46. The van der Waals surface area contributed by atoms with Crippen molar-refractivity contribution in [2.45, 2.75) is 34.8 Å². The highest BCUT2D eigenvalue weighted by molar-refractivity contribution is 7.91. The van der Waals surface area contributed by atoms with Crippen molar-refractivity contribution in [3.05, 3.63) is 88.6 Å². The molecule has 1 N–H and O–H groups in total. The second-order valence-corrected chi connectivity index (χ2v) is 11.1. The lowest BCUT2D eigenvalue weighted by molar-refractivity contribution is -0.0450. The van der Waals surface area contributed by atoms with Crippen molar-refractivity contribution in [2.75, 3.05) is 0 Å². The van der Waals surface area contributed by atoms with Crippen LogP contribution in [0.1, 0.15) is 29.7 Å². The average Bonchev–Trinajstić information content (AvgIpc) is 2.73. The Morgan fingerprint density at radius 1 is 0.970 bits per heavy atom. The van der Waals surface area contributed by atoms with Crippen molar-refractivity contribution >= 4 is 31.5 Å². The smallest absolute Gasteiger partial charge is 0.244 e. The molecule has 1 aromatic heterocycles. The molecule has 33 heavy (non-hydrogen) atoms. The average molecular weight is 519 g/mol. The van der Waals surface area contributed by atoms with E-state index in [0.29, 0.717) is 16.7 Å². The molecule has 3 aromatic rings. The van der Waals surface area contributed by atoms with Crippen LogP contribution in [0.25, 0.3) is 0 Å². The van der Waals surface area contributed by atoms with E-state index in [-0.39, 0.29) is 21.4 Å². The van der Waals surface area contributed by atoms with E-state index >= 15 is 0 Å². The van der Waals surface area contributed by atoms with Gasteiger partial charge in [-0.2, -0.15) is 13.2 Å². The predicted octanol–water partition coefficient (Wildman–Crippen LogP) is 4.66. The third-order valence-corrected chi connectivity index (χ3v) is 8.27. The van der Waals surface area contributed by atoms with Crippen molar-refractivity contribution in [1.29, 1.82) is 0 Å². The van der Waals surface area contributed by atoms with Gasteiger partial charge in [0.1, 0.15) is 0 Å². The molecule has 0 radical (unpaired) electrons. The maximum atomic E-state index is 13.1. The van der Waals surface area contributed by atoms with Crippen LogP contribution < -0.4 is 4.72 Å². The van der Waals surface area contributed by atoms with Crippen LogP contribution in [0.15, 0.2) is 76.8 Å². The SMILES string of the molecule is C[C@H](NS(=O)(=O)C(F)(F)F)c1ccc(Cc2cccnc2S(=O)(=O)c2ccccc2Cl)cc1. The Bertz CT molecular complexity index is 1360. The van der Waals surface area contributed by atoms with E-state index < -0.39 is 31.4 Å². The fourth-order valence-corrected chi connectivity index (χ4v) is 5.73. The number of sulfone groups is 1. The summed E-state index contributed by atoms with van der Waals surface area (Å²) >= 11 is 6.07. The minimum atomic E-state index is -5.49. The number of benzene rings is 2. The van der Waals surface area contributed by atoms with Gasteiger partial charge >= 0.3 is 15.5 Å². The van der Waals surface area contributed by atoms with Crippen LogP contribution in [0.5, 0.6) is 0 Å². The van der Waals surface area contributed by atoms with E-state index in [1.165, 1.54) is 37.4 Å². The monoisotopic (exact) mass is 518 g/mol. The molecule has 0 aliphatic heterocycles. The van der Waals surface area contributed by atoms with Gasteiger partial charge in [0, 0.05) is 18.7 Å². The van der Waals surface area contributed by atoms with Crippen LogP contribution in [0, 0.1) is 0 Å². The molecule has 0 aliphatic carbocycles. The van der Waals surface area contributed by atoms with Crippen molar-refractivity contribution < 1.29 is 30.0 Å². The molecule has 176 valence electrons. The summed E-state index contributed by atoms with van der Waals surface area (Å²) in [4.78, 5) is 3.97. The highest BCUT2D eigenvalue weighted by Crippen LogP contribution is 2.29. The number of sulfonamides is 1. The van der Waals surface area contributed by atoms with Gasteiger partial charge in [0.05, 0.1) is 9.92 Å². The molecule has 0 saturated carbocycles. The summed E-state index contributed by atoms with van der Waals surface area (Å²) in [6.45, 7) is 1.29. The normalized spacial score (nSPS) is 13.6. The van der Waals surface area contributed by atoms with Crippen molar-refractivity contribution in [2.24, 2.45) is 0 Å². The lowest BCUT2D eigenvalue weighted by atomic mass is 10.0. The third-order valence-electron chi connectivity index (χ3n) is 4.74. The fourth-order valence-electron chi connectivity index (χ4n) is 3.08. The molecule has 1 atom stereocenters. The zero-order valence-electron chi connectivity index (χ0n) is 17.0. The van der Waals surface area contributed by atoms with Gasteiger partial charge in [0.25, 0.3) is 0 Å². The van der Waals surface area contributed by atoms with E-state index in [1.807, 2.05) is 0 Å². The van der Waals surface area contributed by atoms with Crippen molar-refractivity contribution in [3.63, 3.8) is 0 Å². The van der Waals surface area contributed by atoms with E-state index in [2.05, 4.69) is 4.98 Å². The number of halogens is 4. The first-order chi connectivity index (χ1) is 15.3. The summed E-state index contributed by atoms with van der Waals surface area (Å²) in [6.07, 6.45) is 1.51. The summed E-state index contributed by atoms with van der Waals surface area (Å²) in [5, 5.41) is -0.0952. The number of aromatic nitrogens is 1. The minimum absolute atomic E-state index is 0.0637. The Morgan fingerprint density at radius 3 is 2.21 bits per heavy atom. The fraction of sp³-hybridized carbons (Fsp3) is 0.190. The van der Waals surface area contributed by atoms with Crippen molar-refractivity contribution in [3.8, 4) is 0 Å². The molecular formula is C21H18ClF3N2O4S2. The molecule has 0 bridgehead atoms. The van der Waals surface area contributed by atoms with E-state index in [9.17, 15) is 30.0 Å². The maximum absolute atomic E-state index is 13.1. The number of hydrogen-bond donors (Lipinski definition) is 1. The number of rotatable bonds is 7. The molecular weight excluding hydrogens is 501 g/mol. The summed E-state index contributed by atoms with van der Waals surface area (Å²) in [6, 6.07) is 14.2. The quantitative estimate of drug-likeness (QED) is 0.491. The molecule has 0 aliphatic rings. The molecule has 0 amide bonds. The molecule has 0 saturated heterocycles. The summed E-state index contributed by atoms with van der Waals surface area (Å²) in [5.74, 6) is 0. The Kier molecular flexibility index (Phi) is 7.18. The Labute approximate surface area is 194 Å². The molecule has 2 aromatic carbocycles. The summed E-state index contributed by atoms with van der Waals surface area (Å²) in [7, 11) is -9.49. The first kappa shape index (κ1) is 25.2. The van der Waals surface area contributed by atoms with Crippen LogP contribution in [0.3, 0.4) is 0 Å². The standard InChI is InChI=1S/C21H18ClF3N2O4S2/c1-14(27-33(30,31)21(23,24)25)16-10-8-15(9-11-16)13-17-5-4-12-26-20(17)32(28,29)19-7-3-2-6-18(19)22/h2-12,14,27H,13H2,1H3/t14-/m0/s1. The van der Waals surface area contributed by atoms with Crippen LogP contribution >= 0.6 is 11.6 Å². The number of nitrogens with one attached hydrogen (secondary N) is 1. The zero-order chi connectivity index (χ0) is 24.4. The lowest BCUT2D eigenvalue weighted by Gasteiger charge is -2.16. The molecule has 0 spiro atoms. The number of alkyl halides is 3. The zero-order valence-corrected chi connectivity index (χ0v) is 19.4. The molecule has 3 rings (SSSR count). The topological polar surface area (TPSA) is 93.2 Å². The van der Waals surface area contributed by atoms with Gasteiger partial charge in [-0.1, -0.05) is 54.1 Å². The maximum Gasteiger partial charge on any atom is 0.511 e. The lowest BCUT2D eigenvalue weighted by Crippen LogP contribution is -2.37. The number of hydrogen-bond acceptors (Lipinski definition) is 5. The van der Waals surface area contributed by atoms with Crippen LogP contribution in [-0.4, -0.2) is 27.3 Å². The Morgan fingerprint density at radius 2 is 1.61 bits per heavy atom. The van der Waals surface area contributed by atoms with Crippen LogP contribution in [0.2, 0.25) is 5.02 Å². The Hall–Kier alpha value is -2.47. The molecule has 1 heterocycles. The molecule has 12 heteroatoms. The molecule has 0 unspecified atom stereocenters. The largest absolute Gasteiger partial charge is 0.511 e. The minimum Gasteiger partial charge on any atom is -0.244 e. The number of nitrogens with zero attached hydrogens (tertiary/aromatic N) is 1. The van der Waals surface area contributed by atoms with E-state index in [4.69, 9.17) is 11.6 Å². The Balaban J connectivity index is 1.86. The second kappa shape index (κ2) is 9.41. The summed E-state index contributed by atoms with van der Waals surface area (Å²) < 4.78 is 88.2. The van der Waals surface area contributed by atoms with Gasteiger partial charge in [0.2, 0.25) is 9.84 Å². The van der Waals surface area contributed by atoms with Gasteiger partial charge in [-0.25, -0.2) is 26.5 Å². The van der Waals surface area contributed by atoms with E-state index in [0.717, 1.165) is 0 Å². The first-order valence-electron chi connectivity index (χ1n) is 9.44. The van der Waals surface area contributed by atoms with Gasteiger partial charge in [-0.3, -0.25) is 0 Å². The summed E-state index contributed by atoms with van der Waals surface area (Å²) in [5.41, 5.74) is -4.06. The van der Waals surface area contributed by atoms with Crippen LogP contribution in [-0.2, 0) is 26.3 Å². The molecule has 0 fully saturated rings. The number of pyridine rings is 1. The third kappa shape index (κ3) is 5.55.